The number of anilines is 1. The molecule has 0 unspecified atom stereocenters. The minimum Gasteiger partial charge on any atom is -0.326 e. The smallest absolute Gasteiger partial charge is 0.224 e. The number of ketones is 1. The molecule has 0 fully saturated rings. The minimum absolute atomic E-state index is 0.0564. The topological polar surface area (TPSA) is 46.2 Å². The molecule has 4 heteroatoms. The highest BCUT2D eigenvalue weighted by Gasteiger charge is 2.11. The Labute approximate surface area is 135 Å². The SMILES string of the molecule is Cc1ccc(C(=O)CCC(=O)Nc2ccc(F)cc2C)cc1C. The summed E-state index contributed by atoms with van der Waals surface area (Å²) >= 11 is 0. The summed E-state index contributed by atoms with van der Waals surface area (Å²) in [5.74, 6) is -0.651. The van der Waals surface area contributed by atoms with Gasteiger partial charge in [0.25, 0.3) is 0 Å². The van der Waals surface area contributed by atoms with Crippen molar-refractivity contribution in [1.29, 1.82) is 0 Å². The number of amides is 1. The van der Waals surface area contributed by atoms with Crippen LogP contribution in [0.1, 0.15) is 39.9 Å². The fourth-order valence-electron chi connectivity index (χ4n) is 2.27. The monoisotopic (exact) mass is 313 g/mol. The normalized spacial score (nSPS) is 10.4. The van der Waals surface area contributed by atoms with Crippen molar-refractivity contribution in [3.8, 4) is 0 Å². The van der Waals surface area contributed by atoms with Gasteiger partial charge >= 0.3 is 0 Å². The molecule has 0 aliphatic rings. The van der Waals surface area contributed by atoms with Crippen molar-refractivity contribution in [2.45, 2.75) is 33.6 Å². The second-order valence-electron chi connectivity index (χ2n) is 5.73. The Morgan fingerprint density at radius 1 is 0.913 bits per heavy atom. The number of hydrogen-bond acceptors (Lipinski definition) is 2. The number of rotatable bonds is 5. The average Bonchev–Trinajstić information content (AvgIpc) is 2.50. The minimum atomic E-state index is -0.342. The van der Waals surface area contributed by atoms with Gasteiger partial charge in [-0.15, -0.1) is 0 Å². The van der Waals surface area contributed by atoms with Crippen LogP contribution in [0.25, 0.3) is 0 Å². The van der Waals surface area contributed by atoms with Crippen molar-refractivity contribution >= 4 is 17.4 Å². The van der Waals surface area contributed by atoms with Gasteiger partial charge < -0.3 is 5.32 Å². The van der Waals surface area contributed by atoms with E-state index in [0.29, 0.717) is 16.8 Å². The molecule has 23 heavy (non-hydrogen) atoms. The fourth-order valence-corrected chi connectivity index (χ4v) is 2.27. The summed E-state index contributed by atoms with van der Waals surface area (Å²) in [6, 6.07) is 9.71. The van der Waals surface area contributed by atoms with E-state index >= 15 is 0 Å². The highest BCUT2D eigenvalue weighted by atomic mass is 19.1. The number of carbonyl (C=O) groups excluding carboxylic acids is 2. The van der Waals surface area contributed by atoms with E-state index in [-0.39, 0.29) is 30.3 Å². The number of halogens is 1. The molecule has 3 nitrogen and oxygen atoms in total. The molecule has 0 spiro atoms. The lowest BCUT2D eigenvalue weighted by Crippen LogP contribution is -2.14. The van der Waals surface area contributed by atoms with Crippen LogP contribution in [0.2, 0.25) is 0 Å². The zero-order chi connectivity index (χ0) is 17.0. The van der Waals surface area contributed by atoms with Crippen LogP contribution in [0.4, 0.5) is 10.1 Å². The van der Waals surface area contributed by atoms with Gasteiger partial charge in [-0.05, 0) is 61.7 Å². The van der Waals surface area contributed by atoms with E-state index in [4.69, 9.17) is 0 Å². The lowest BCUT2D eigenvalue weighted by atomic mass is 10.0. The molecule has 0 bridgehead atoms. The third kappa shape index (κ3) is 4.49. The van der Waals surface area contributed by atoms with Crippen LogP contribution in [0.15, 0.2) is 36.4 Å². The molecule has 0 atom stereocenters. The van der Waals surface area contributed by atoms with Crippen molar-refractivity contribution in [3.05, 3.63) is 64.5 Å². The van der Waals surface area contributed by atoms with Gasteiger partial charge in [0.15, 0.2) is 5.78 Å². The highest BCUT2D eigenvalue weighted by Crippen LogP contribution is 2.17. The van der Waals surface area contributed by atoms with Crippen LogP contribution >= 0.6 is 0 Å². The second kappa shape index (κ2) is 7.18. The molecular formula is C19H20FNO2. The van der Waals surface area contributed by atoms with Gasteiger partial charge in [0.2, 0.25) is 5.91 Å². The molecule has 2 aromatic carbocycles. The molecule has 0 aliphatic carbocycles. The van der Waals surface area contributed by atoms with Crippen LogP contribution in [-0.2, 0) is 4.79 Å². The third-order valence-corrected chi connectivity index (χ3v) is 3.87. The number of nitrogens with one attached hydrogen (secondary N) is 1. The van der Waals surface area contributed by atoms with E-state index in [0.717, 1.165) is 11.1 Å². The maximum absolute atomic E-state index is 13.0. The van der Waals surface area contributed by atoms with Crippen LogP contribution in [0.5, 0.6) is 0 Å². The largest absolute Gasteiger partial charge is 0.326 e. The summed E-state index contributed by atoms with van der Waals surface area (Å²) in [7, 11) is 0. The van der Waals surface area contributed by atoms with Crippen LogP contribution < -0.4 is 5.32 Å². The maximum atomic E-state index is 13.0. The van der Waals surface area contributed by atoms with E-state index < -0.39 is 0 Å². The van der Waals surface area contributed by atoms with E-state index in [2.05, 4.69) is 5.32 Å². The number of aryl methyl sites for hydroxylation is 3. The molecule has 2 rings (SSSR count). The standard InChI is InChI=1S/C19H20FNO2/c1-12-4-5-15(10-13(12)2)18(22)8-9-19(23)21-17-7-6-16(20)11-14(17)3/h4-7,10-11H,8-9H2,1-3H3,(H,21,23). The Hall–Kier alpha value is -2.49. The third-order valence-electron chi connectivity index (χ3n) is 3.87. The van der Waals surface area contributed by atoms with E-state index in [1.165, 1.54) is 18.2 Å². The first kappa shape index (κ1) is 16.9. The van der Waals surface area contributed by atoms with Crippen LogP contribution in [0, 0.1) is 26.6 Å². The van der Waals surface area contributed by atoms with E-state index in [1.54, 1.807) is 13.0 Å². The Balaban J connectivity index is 1.93. The molecule has 120 valence electrons. The quantitative estimate of drug-likeness (QED) is 0.834. The maximum Gasteiger partial charge on any atom is 0.224 e. The van der Waals surface area contributed by atoms with Gasteiger partial charge in [-0.1, -0.05) is 12.1 Å². The van der Waals surface area contributed by atoms with Crippen molar-refractivity contribution in [2.75, 3.05) is 5.32 Å². The molecular weight excluding hydrogens is 293 g/mol. The Morgan fingerprint density at radius 2 is 1.65 bits per heavy atom. The van der Waals surface area contributed by atoms with Crippen LogP contribution in [-0.4, -0.2) is 11.7 Å². The van der Waals surface area contributed by atoms with Gasteiger partial charge in [0.1, 0.15) is 5.82 Å². The molecule has 0 saturated heterocycles. The Morgan fingerprint density at radius 3 is 2.30 bits per heavy atom. The lowest BCUT2D eigenvalue weighted by Gasteiger charge is -2.08. The van der Waals surface area contributed by atoms with E-state index in [1.807, 2.05) is 26.0 Å². The average molecular weight is 313 g/mol. The molecule has 2 aromatic rings. The predicted molar refractivity (Wildman–Crippen MR) is 89.2 cm³/mol. The number of hydrogen-bond donors (Lipinski definition) is 1. The predicted octanol–water partition coefficient (Wildman–Crippen LogP) is 4.35. The van der Waals surface area contributed by atoms with Crippen LogP contribution in [0.3, 0.4) is 0 Å². The summed E-state index contributed by atoms with van der Waals surface area (Å²) in [5.41, 5.74) is 4.03. The fraction of sp³-hybridized carbons (Fsp3) is 0.263. The first-order valence-corrected chi connectivity index (χ1v) is 7.53. The van der Waals surface area contributed by atoms with Gasteiger partial charge in [0, 0.05) is 24.1 Å². The number of carbonyl (C=O) groups is 2. The molecule has 0 saturated carbocycles. The first-order valence-electron chi connectivity index (χ1n) is 7.53. The van der Waals surface area contributed by atoms with Crippen molar-refractivity contribution in [1.82, 2.24) is 0 Å². The van der Waals surface area contributed by atoms with Gasteiger partial charge in [0.05, 0.1) is 0 Å². The first-order chi connectivity index (χ1) is 10.9. The molecule has 0 radical (unpaired) electrons. The summed E-state index contributed by atoms with van der Waals surface area (Å²) in [6.45, 7) is 5.66. The summed E-state index contributed by atoms with van der Waals surface area (Å²) in [6.07, 6.45) is 0.247. The van der Waals surface area contributed by atoms with Crippen molar-refractivity contribution in [2.24, 2.45) is 0 Å². The van der Waals surface area contributed by atoms with Gasteiger partial charge in [-0.2, -0.15) is 0 Å². The molecule has 0 aromatic heterocycles. The van der Waals surface area contributed by atoms with E-state index in [9.17, 15) is 14.0 Å². The number of benzene rings is 2. The molecule has 1 N–H and O–H groups in total. The summed E-state index contributed by atoms with van der Waals surface area (Å²) in [4.78, 5) is 24.1. The Kier molecular flexibility index (Phi) is 5.27. The molecule has 0 aliphatic heterocycles. The lowest BCUT2D eigenvalue weighted by molar-refractivity contribution is -0.116. The zero-order valence-corrected chi connectivity index (χ0v) is 13.6. The summed E-state index contributed by atoms with van der Waals surface area (Å²) in [5, 5.41) is 2.71. The summed E-state index contributed by atoms with van der Waals surface area (Å²) < 4.78 is 13.0. The number of Topliss-reactive ketones (excluding diaryl/α,β-unsaturated/α-hetero) is 1. The Bertz CT molecular complexity index is 753. The van der Waals surface area contributed by atoms with Gasteiger partial charge in [-0.25, -0.2) is 4.39 Å². The molecule has 0 heterocycles. The molecule has 1 amide bonds. The van der Waals surface area contributed by atoms with Crippen molar-refractivity contribution in [3.63, 3.8) is 0 Å². The zero-order valence-electron chi connectivity index (χ0n) is 13.6. The van der Waals surface area contributed by atoms with Crippen molar-refractivity contribution < 1.29 is 14.0 Å². The highest BCUT2D eigenvalue weighted by molar-refractivity contribution is 6.00. The van der Waals surface area contributed by atoms with Gasteiger partial charge in [-0.3, -0.25) is 9.59 Å². The second-order valence-corrected chi connectivity index (χ2v) is 5.73.